The molecule has 9 heteroatoms. The molecule has 0 aliphatic carbocycles. The number of halogens is 3. The van der Waals surface area contributed by atoms with Crippen LogP contribution in [0.1, 0.15) is 48.7 Å². The lowest BCUT2D eigenvalue weighted by molar-refractivity contribution is -0.142. The summed E-state index contributed by atoms with van der Waals surface area (Å²) >= 11 is 0. The van der Waals surface area contributed by atoms with Gasteiger partial charge in [-0.15, -0.1) is 0 Å². The highest BCUT2D eigenvalue weighted by molar-refractivity contribution is 6.04. The first-order chi connectivity index (χ1) is 15.9. The van der Waals surface area contributed by atoms with Gasteiger partial charge >= 0.3 is 12.1 Å². The van der Waals surface area contributed by atoms with Gasteiger partial charge in [-0.3, -0.25) is 9.78 Å². The van der Waals surface area contributed by atoms with Crippen molar-refractivity contribution in [3.05, 3.63) is 71.4 Å². The molecular weight excluding hydrogens is 449 g/mol. The topological polar surface area (TPSA) is 88.5 Å². The maximum Gasteiger partial charge on any atom is 0.416 e. The predicted octanol–water partition coefficient (Wildman–Crippen LogP) is 5.45. The van der Waals surface area contributed by atoms with E-state index < -0.39 is 35.1 Å². The summed E-state index contributed by atoms with van der Waals surface area (Å²) in [6.07, 6.45) is -2.41. The number of ether oxygens (including phenoxy) is 1. The number of nitrogens with zero attached hydrogens (tertiary/aromatic N) is 1. The van der Waals surface area contributed by atoms with Crippen LogP contribution in [0.2, 0.25) is 0 Å². The summed E-state index contributed by atoms with van der Waals surface area (Å²) in [6, 6.07) is 10.0. The van der Waals surface area contributed by atoms with E-state index in [0.29, 0.717) is 22.9 Å². The molecule has 0 saturated carbocycles. The number of hydrogen-bond acceptors (Lipinski definition) is 4. The highest BCUT2D eigenvalue weighted by Gasteiger charge is 2.36. The molecule has 0 fully saturated rings. The summed E-state index contributed by atoms with van der Waals surface area (Å²) in [5.74, 6) is -1.69. The molecule has 0 spiro atoms. The largest absolute Gasteiger partial charge is 0.486 e. The molecule has 3 rings (SSSR count). The van der Waals surface area contributed by atoms with Crippen LogP contribution >= 0.6 is 0 Å². The minimum Gasteiger partial charge on any atom is -0.486 e. The van der Waals surface area contributed by atoms with Gasteiger partial charge in [0.25, 0.3) is 5.91 Å². The minimum atomic E-state index is -4.45. The van der Waals surface area contributed by atoms with Crippen molar-refractivity contribution >= 4 is 22.8 Å². The summed E-state index contributed by atoms with van der Waals surface area (Å²) < 4.78 is 44.4. The Morgan fingerprint density at radius 2 is 1.76 bits per heavy atom. The number of hydrogen-bond donors (Lipinski definition) is 2. The third-order valence-electron chi connectivity index (χ3n) is 5.85. The van der Waals surface area contributed by atoms with Gasteiger partial charge in [-0.2, -0.15) is 13.2 Å². The lowest BCUT2D eigenvalue weighted by Crippen LogP contribution is -2.50. The van der Waals surface area contributed by atoms with Crippen LogP contribution in [-0.4, -0.2) is 28.0 Å². The number of amides is 1. The van der Waals surface area contributed by atoms with Gasteiger partial charge in [-0.05, 0) is 41.7 Å². The monoisotopic (exact) mass is 474 g/mol. The molecule has 1 aromatic heterocycles. The van der Waals surface area contributed by atoms with Crippen LogP contribution in [0.5, 0.6) is 5.75 Å². The Labute approximate surface area is 194 Å². The molecule has 1 amide bonds. The van der Waals surface area contributed by atoms with Crippen LogP contribution in [0, 0.1) is 5.41 Å². The van der Waals surface area contributed by atoms with Gasteiger partial charge in [0, 0.05) is 11.6 Å². The normalized spacial score (nSPS) is 12.9. The molecule has 6 nitrogen and oxygen atoms in total. The number of rotatable bonds is 8. The second-order valence-corrected chi connectivity index (χ2v) is 8.59. The van der Waals surface area contributed by atoms with Gasteiger partial charge in [-0.1, -0.05) is 45.0 Å². The van der Waals surface area contributed by atoms with E-state index in [1.807, 2.05) is 6.92 Å². The lowest BCUT2D eigenvalue weighted by atomic mass is 9.81. The Morgan fingerprint density at radius 3 is 2.35 bits per heavy atom. The summed E-state index contributed by atoms with van der Waals surface area (Å²) in [6.45, 7) is 5.21. The van der Waals surface area contributed by atoms with Crippen molar-refractivity contribution in [2.45, 2.75) is 46.0 Å². The van der Waals surface area contributed by atoms with E-state index in [4.69, 9.17) is 4.74 Å². The fourth-order valence-electron chi connectivity index (χ4n) is 3.39. The van der Waals surface area contributed by atoms with E-state index in [1.165, 1.54) is 24.4 Å². The van der Waals surface area contributed by atoms with Crippen LogP contribution in [0.4, 0.5) is 13.2 Å². The van der Waals surface area contributed by atoms with Gasteiger partial charge in [0.1, 0.15) is 18.2 Å². The number of carbonyl (C=O) groups is 2. The molecule has 2 N–H and O–H groups in total. The van der Waals surface area contributed by atoms with Crippen molar-refractivity contribution in [1.29, 1.82) is 0 Å². The molecule has 0 saturated heterocycles. The van der Waals surface area contributed by atoms with Crippen LogP contribution in [0.25, 0.3) is 10.9 Å². The van der Waals surface area contributed by atoms with Crippen molar-refractivity contribution in [2.75, 3.05) is 0 Å². The maximum absolute atomic E-state index is 13.1. The summed E-state index contributed by atoms with van der Waals surface area (Å²) in [5.41, 5.74) is -0.568. The third kappa shape index (κ3) is 5.47. The third-order valence-corrected chi connectivity index (χ3v) is 5.85. The van der Waals surface area contributed by atoms with Gasteiger partial charge < -0.3 is 15.2 Å². The Kier molecular flexibility index (Phi) is 7.14. The Morgan fingerprint density at radius 1 is 1.09 bits per heavy atom. The smallest absolute Gasteiger partial charge is 0.416 e. The molecular formula is C25H25F3N2O4. The zero-order valence-corrected chi connectivity index (χ0v) is 18.9. The van der Waals surface area contributed by atoms with E-state index in [2.05, 4.69) is 10.3 Å². The van der Waals surface area contributed by atoms with Crippen LogP contribution in [0.15, 0.2) is 54.7 Å². The molecule has 3 aromatic rings. The summed E-state index contributed by atoms with van der Waals surface area (Å²) in [5, 5.41) is 12.9. The zero-order valence-electron chi connectivity index (χ0n) is 18.9. The number of carboxylic acid groups (broad SMARTS) is 1. The van der Waals surface area contributed by atoms with Gasteiger partial charge in [0.15, 0.2) is 5.75 Å². The first-order valence-corrected chi connectivity index (χ1v) is 10.6. The number of carbonyl (C=O) groups excluding carboxylic acids is 1. The Balaban J connectivity index is 1.94. The number of aliphatic carboxylic acids is 1. The minimum absolute atomic E-state index is 0.0799. The van der Waals surface area contributed by atoms with Crippen molar-refractivity contribution < 1.29 is 32.6 Å². The molecule has 0 aliphatic rings. The number of nitrogens with one attached hydrogen (secondary N) is 1. The Hall–Kier alpha value is -3.62. The highest BCUT2D eigenvalue weighted by atomic mass is 19.4. The van der Waals surface area contributed by atoms with E-state index in [9.17, 15) is 27.9 Å². The van der Waals surface area contributed by atoms with Crippen molar-refractivity contribution in [2.24, 2.45) is 5.41 Å². The van der Waals surface area contributed by atoms with Gasteiger partial charge in [0.2, 0.25) is 0 Å². The molecule has 0 radical (unpaired) electrons. The van der Waals surface area contributed by atoms with E-state index in [1.54, 1.807) is 32.0 Å². The predicted molar refractivity (Wildman–Crippen MR) is 120 cm³/mol. The van der Waals surface area contributed by atoms with E-state index in [0.717, 1.165) is 12.1 Å². The van der Waals surface area contributed by atoms with Crippen LogP contribution in [0.3, 0.4) is 0 Å². The number of alkyl halides is 3. The number of fused-ring (bicyclic) bond motifs is 1. The van der Waals surface area contributed by atoms with Gasteiger partial charge in [0.05, 0.1) is 11.1 Å². The van der Waals surface area contributed by atoms with Crippen molar-refractivity contribution in [3.63, 3.8) is 0 Å². The second-order valence-electron chi connectivity index (χ2n) is 8.59. The quantitative estimate of drug-likeness (QED) is 0.453. The maximum atomic E-state index is 13.1. The number of benzene rings is 2. The van der Waals surface area contributed by atoms with Crippen LogP contribution < -0.4 is 10.1 Å². The highest BCUT2D eigenvalue weighted by Crippen LogP contribution is 2.32. The molecule has 0 aliphatic heterocycles. The summed E-state index contributed by atoms with van der Waals surface area (Å²) in [7, 11) is 0. The molecule has 1 atom stereocenters. The number of pyridine rings is 1. The van der Waals surface area contributed by atoms with Gasteiger partial charge in [-0.25, -0.2) is 4.79 Å². The standard InChI is InChI=1S/C25H25F3N2O4/c1-4-24(2,3)21(23(32)33)30-22(31)18-12-9-16-6-5-13-29-19(16)20(18)34-14-15-7-10-17(11-8-15)25(26,27)28/h5-13,21H,4,14H2,1-3H3,(H,30,31)(H,32,33). The number of carboxylic acids is 1. The molecule has 34 heavy (non-hydrogen) atoms. The second kappa shape index (κ2) is 9.70. The number of aromatic nitrogens is 1. The molecule has 180 valence electrons. The fourth-order valence-corrected chi connectivity index (χ4v) is 3.39. The molecule has 0 bridgehead atoms. The van der Waals surface area contributed by atoms with Crippen molar-refractivity contribution in [1.82, 2.24) is 10.3 Å². The lowest BCUT2D eigenvalue weighted by Gasteiger charge is -2.31. The molecule has 1 unspecified atom stereocenters. The summed E-state index contributed by atoms with van der Waals surface area (Å²) in [4.78, 5) is 29.3. The first-order valence-electron chi connectivity index (χ1n) is 10.6. The fraction of sp³-hybridized carbons (Fsp3) is 0.320. The SMILES string of the molecule is CCC(C)(C)C(NC(=O)c1ccc2cccnc2c1OCc1ccc(C(F)(F)F)cc1)C(=O)O. The first kappa shape index (κ1) is 25.0. The zero-order chi connectivity index (χ0) is 25.1. The Bertz CT molecular complexity index is 1190. The van der Waals surface area contributed by atoms with E-state index in [-0.39, 0.29) is 17.9 Å². The van der Waals surface area contributed by atoms with Crippen molar-refractivity contribution in [3.8, 4) is 5.75 Å². The van der Waals surface area contributed by atoms with E-state index >= 15 is 0 Å². The van der Waals surface area contributed by atoms with Crippen LogP contribution in [-0.2, 0) is 17.6 Å². The molecule has 1 heterocycles. The molecule has 2 aromatic carbocycles. The average Bonchev–Trinajstić information content (AvgIpc) is 2.80. The average molecular weight is 474 g/mol.